The molecule has 0 radical (unpaired) electrons. The van der Waals surface area contributed by atoms with E-state index in [1.165, 1.54) is 24.3 Å². The van der Waals surface area contributed by atoms with Crippen LogP contribution in [0.1, 0.15) is 22.7 Å². The van der Waals surface area contributed by atoms with Gasteiger partial charge in [0, 0.05) is 11.6 Å². The largest absolute Gasteiger partial charge is 0.323 e. The van der Waals surface area contributed by atoms with Crippen molar-refractivity contribution in [1.82, 2.24) is 0 Å². The Balaban J connectivity index is 2.36. The SMILES string of the molecule is Cc1ccc(F)c(C(N)Cc2cccc(F)c2Br)c1F. The van der Waals surface area contributed by atoms with Crippen molar-refractivity contribution in [1.29, 1.82) is 0 Å². The second kappa shape index (κ2) is 5.97. The van der Waals surface area contributed by atoms with E-state index in [2.05, 4.69) is 15.9 Å². The van der Waals surface area contributed by atoms with E-state index in [9.17, 15) is 13.2 Å². The molecule has 0 fully saturated rings. The van der Waals surface area contributed by atoms with E-state index < -0.39 is 23.5 Å². The van der Waals surface area contributed by atoms with Crippen molar-refractivity contribution >= 4 is 15.9 Å². The first-order valence-electron chi connectivity index (χ1n) is 6.04. The molecule has 2 aromatic carbocycles. The van der Waals surface area contributed by atoms with Crippen molar-refractivity contribution in [3.63, 3.8) is 0 Å². The van der Waals surface area contributed by atoms with Gasteiger partial charge in [0.25, 0.3) is 0 Å². The molecule has 0 heterocycles. The topological polar surface area (TPSA) is 26.0 Å². The summed E-state index contributed by atoms with van der Waals surface area (Å²) in [5.74, 6) is -1.77. The van der Waals surface area contributed by atoms with E-state index in [0.717, 1.165) is 0 Å². The Morgan fingerprint density at radius 3 is 2.50 bits per heavy atom. The van der Waals surface area contributed by atoms with Crippen molar-refractivity contribution in [3.8, 4) is 0 Å². The van der Waals surface area contributed by atoms with Gasteiger partial charge in [-0.05, 0) is 52.5 Å². The van der Waals surface area contributed by atoms with E-state index in [1.807, 2.05) is 0 Å². The van der Waals surface area contributed by atoms with Crippen LogP contribution in [0.15, 0.2) is 34.8 Å². The molecule has 106 valence electrons. The Bertz CT molecular complexity index is 643. The molecule has 20 heavy (non-hydrogen) atoms. The first-order chi connectivity index (χ1) is 9.41. The van der Waals surface area contributed by atoms with E-state index in [0.29, 0.717) is 11.1 Å². The summed E-state index contributed by atoms with van der Waals surface area (Å²) >= 11 is 3.11. The third kappa shape index (κ3) is 2.88. The molecule has 5 heteroatoms. The monoisotopic (exact) mass is 343 g/mol. The molecule has 0 bridgehead atoms. The summed E-state index contributed by atoms with van der Waals surface area (Å²) in [6, 6.07) is 6.16. The molecule has 0 aliphatic carbocycles. The van der Waals surface area contributed by atoms with E-state index in [1.54, 1.807) is 13.0 Å². The number of hydrogen-bond acceptors (Lipinski definition) is 1. The maximum absolute atomic E-state index is 14.0. The van der Waals surface area contributed by atoms with Gasteiger partial charge in [-0.15, -0.1) is 0 Å². The number of halogens is 4. The highest BCUT2D eigenvalue weighted by atomic mass is 79.9. The highest BCUT2D eigenvalue weighted by Crippen LogP contribution is 2.28. The predicted octanol–water partition coefficient (Wildman–Crippen LogP) is 4.42. The van der Waals surface area contributed by atoms with Gasteiger partial charge in [-0.25, -0.2) is 13.2 Å². The highest BCUT2D eigenvalue weighted by molar-refractivity contribution is 9.10. The lowest BCUT2D eigenvalue weighted by Gasteiger charge is -2.16. The summed E-state index contributed by atoms with van der Waals surface area (Å²) in [7, 11) is 0. The minimum Gasteiger partial charge on any atom is -0.323 e. The van der Waals surface area contributed by atoms with Gasteiger partial charge in [-0.2, -0.15) is 0 Å². The molecule has 2 rings (SSSR count). The van der Waals surface area contributed by atoms with E-state index >= 15 is 0 Å². The number of hydrogen-bond donors (Lipinski definition) is 1. The minimum absolute atomic E-state index is 0.135. The number of nitrogens with two attached hydrogens (primary N) is 1. The van der Waals surface area contributed by atoms with Crippen LogP contribution in [0.2, 0.25) is 0 Å². The molecule has 0 aliphatic heterocycles. The standard InChI is InChI=1S/C15H13BrF3N/c1-8-5-6-10(17)13(15(8)19)12(20)7-9-3-2-4-11(18)14(9)16/h2-6,12H,7,20H2,1H3. The minimum atomic E-state index is -0.881. The quantitative estimate of drug-likeness (QED) is 0.877. The third-order valence-electron chi connectivity index (χ3n) is 3.16. The van der Waals surface area contributed by atoms with Gasteiger partial charge in [-0.3, -0.25) is 0 Å². The molecule has 0 aromatic heterocycles. The maximum Gasteiger partial charge on any atom is 0.137 e. The van der Waals surface area contributed by atoms with Crippen LogP contribution in [-0.2, 0) is 6.42 Å². The lowest BCUT2D eigenvalue weighted by atomic mass is 9.97. The summed E-state index contributed by atoms with van der Waals surface area (Å²) in [6.45, 7) is 1.54. The average molecular weight is 344 g/mol. The van der Waals surface area contributed by atoms with E-state index in [-0.39, 0.29) is 16.5 Å². The zero-order chi connectivity index (χ0) is 14.9. The number of benzene rings is 2. The lowest BCUT2D eigenvalue weighted by molar-refractivity contribution is 0.519. The van der Waals surface area contributed by atoms with Gasteiger partial charge >= 0.3 is 0 Å². The van der Waals surface area contributed by atoms with Crippen molar-refractivity contribution in [2.75, 3.05) is 0 Å². The molecule has 0 amide bonds. The fourth-order valence-electron chi connectivity index (χ4n) is 2.06. The molecule has 0 saturated carbocycles. The van der Waals surface area contributed by atoms with Crippen LogP contribution in [0.4, 0.5) is 13.2 Å². The smallest absolute Gasteiger partial charge is 0.137 e. The van der Waals surface area contributed by atoms with Crippen LogP contribution in [0.3, 0.4) is 0 Å². The molecule has 0 spiro atoms. The van der Waals surface area contributed by atoms with Crippen LogP contribution in [0.25, 0.3) is 0 Å². The molecule has 0 aliphatic rings. The Kier molecular flexibility index (Phi) is 4.50. The molecule has 1 unspecified atom stereocenters. The fourth-order valence-corrected chi connectivity index (χ4v) is 2.49. The average Bonchev–Trinajstić information content (AvgIpc) is 2.40. The van der Waals surface area contributed by atoms with Crippen LogP contribution in [0.5, 0.6) is 0 Å². The maximum atomic E-state index is 14.0. The first kappa shape index (κ1) is 15.1. The lowest BCUT2D eigenvalue weighted by Crippen LogP contribution is -2.18. The van der Waals surface area contributed by atoms with Gasteiger partial charge in [0.15, 0.2) is 0 Å². The van der Waals surface area contributed by atoms with Gasteiger partial charge in [0.1, 0.15) is 17.5 Å². The molecule has 2 aromatic rings. The summed E-state index contributed by atoms with van der Waals surface area (Å²) in [5.41, 5.74) is 6.62. The molecular formula is C15H13BrF3N. The Morgan fingerprint density at radius 2 is 1.80 bits per heavy atom. The summed E-state index contributed by atoms with van der Waals surface area (Å²) in [5, 5.41) is 0. The summed E-state index contributed by atoms with van der Waals surface area (Å²) in [4.78, 5) is 0. The number of aryl methyl sites for hydroxylation is 1. The summed E-state index contributed by atoms with van der Waals surface area (Å²) in [6.07, 6.45) is 0.135. The molecule has 0 saturated heterocycles. The second-order valence-electron chi connectivity index (χ2n) is 4.62. The van der Waals surface area contributed by atoms with Gasteiger partial charge in [-0.1, -0.05) is 18.2 Å². The normalized spacial score (nSPS) is 12.5. The summed E-state index contributed by atoms with van der Waals surface area (Å²) < 4.78 is 41.4. The molecule has 1 nitrogen and oxygen atoms in total. The third-order valence-corrected chi connectivity index (χ3v) is 4.05. The van der Waals surface area contributed by atoms with Crippen LogP contribution in [0, 0.1) is 24.4 Å². The highest BCUT2D eigenvalue weighted by Gasteiger charge is 2.20. The van der Waals surface area contributed by atoms with Crippen molar-refractivity contribution in [3.05, 3.63) is 68.9 Å². The zero-order valence-corrected chi connectivity index (χ0v) is 12.3. The Labute approximate surface area is 123 Å². The van der Waals surface area contributed by atoms with E-state index in [4.69, 9.17) is 5.73 Å². The van der Waals surface area contributed by atoms with Gasteiger partial charge in [0.2, 0.25) is 0 Å². The number of rotatable bonds is 3. The van der Waals surface area contributed by atoms with Gasteiger partial charge < -0.3 is 5.73 Å². The van der Waals surface area contributed by atoms with Crippen LogP contribution >= 0.6 is 15.9 Å². The van der Waals surface area contributed by atoms with Crippen molar-refractivity contribution in [2.45, 2.75) is 19.4 Å². The molecular weight excluding hydrogens is 331 g/mol. The van der Waals surface area contributed by atoms with Crippen molar-refractivity contribution in [2.24, 2.45) is 5.73 Å². The van der Waals surface area contributed by atoms with Gasteiger partial charge in [0.05, 0.1) is 4.47 Å². The molecule has 1 atom stereocenters. The van der Waals surface area contributed by atoms with Crippen molar-refractivity contribution < 1.29 is 13.2 Å². The zero-order valence-electron chi connectivity index (χ0n) is 10.8. The Hall–Kier alpha value is -1.33. The van der Waals surface area contributed by atoms with Crippen LogP contribution < -0.4 is 5.73 Å². The second-order valence-corrected chi connectivity index (χ2v) is 5.41. The fraction of sp³-hybridized carbons (Fsp3) is 0.200. The predicted molar refractivity (Wildman–Crippen MR) is 75.8 cm³/mol. The first-order valence-corrected chi connectivity index (χ1v) is 6.84. The molecule has 2 N–H and O–H groups in total. The Morgan fingerprint density at radius 1 is 1.10 bits per heavy atom. The van der Waals surface area contributed by atoms with Crippen LogP contribution in [-0.4, -0.2) is 0 Å².